The third-order valence-electron chi connectivity index (χ3n) is 3.45. The first kappa shape index (κ1) is 15.8. The summed E-state index contributed by atoms with van der Waals surface area (Å²) >= 11 is 5.94. The Hall–Kier alpha value is -1.55. The summed E-state index contributed by atoms with van der Waals surface area (Å²) in [6, 6.07) is 13.9. The van der Waals surface area contributed by atoms with E-state index in [2.05, 4.69) is 37.5 Å². The highest BCUT2D eigenvalue weighted by Crippen LogP contribution is 2.18. The smallest absolute Gasteiger partial charge is 0.120 e. The quantitative estimate of drug-likeness (QED) is 0.635. The van der Waals surface area contributed by atoms with E-state index in [9.17, 15) is 0 Å². The molecule has 2 aromatic carbocycles. The van der Waals surface area contributed by atoms with Gasteiger partial charge >= 0.3 is 0 Å². The van der Waals surface area contributed by atoms with Crippen LogP contribution in [0, 0.1) is 13.8 Å². The van der Waals surface area contributed by atoms with Crippen LogP contribution in [0.1, 0.15) is 16.7 Å². The molecule has 0 bridgehead atoms. The molecule has 21 heavy (non-hydrogen) atoms. The van der Waals surface area contributed by atoms with Crippen LogP contribution in [0.5, 0.6) is 5.75 Å². The summed E-state index contributed by atoms with van der Waals surface area (Å²) in [5, 5.41) is 0.666. The van der Waals surface area contributed by atoms with Gasteiger partial charge in [0.05, 0.1) is 6.04 Å². The molecule has 0 saturated heterocycles. The van der Waals surface area contributed by atoms with Crippen molar-refractivity contribution in [2.24, 2.45) is 5.84 Å². The summed E-state index contributed by atoms with van der Waals surface area (Å²) in [7, 11) is 0. The number of nitrogens with one attached hydrogen (secondary N) is 1. The lowest BCUT2D eigenvalue weighted by molar-refractivity contribution is 0.264. The van der Waals surface area contributed by atoms with Gasteiger partial charge in [0.2, 0.25) is 0 Å². The van der Waals surface area contributed by atoms with Crippen LogP contribution in [0.15, 0.2) is 42.5 Å². The molecular formula is C17H21ClN2O. The average molecular weight is 305 g/mol. The Morgan fingerprint density at radius 3 is 2.71 bits per heavy atom. The molecule has 0 fully saturated rings. The van der Waals surface area contributed by atoms with Crippen LogP contribution in [0.3, 0.4) is 0 Å². The lowest BCUT2D eigenvalue weighted by Crippen LogP contribution is -2.41. The zero-order chi connectivity index (χ0) is 15.2. The molecule has 0 aromatic heterocycles. The molecule has 0 aliphatic carbocycles. The average Bonchev–Trinajstić information content (AvgIpc) is 2.47. The highest BCUT2D eigenvalue weighted by Gasteiger charge is 2.11. The van der Waals surface area contributed by atoms with E-state index in [1.54, 1.807) is 6.07 Å². The molecule has 0 radical (unpaired) electrons. The molecule has 2 rings (SSSR count). The maximum atomic E-state index is 5.94. The van der Waals surface area contributed by atoms with Gasteiger partial charge in [-0.2, -0.15) is 0 Å². The first-order valence-electron chi connectivity index (χ1n) is 6.99. The second kappa shape index (κ2) is 7.46. The van der Waals surface area contributed by atoms with Crippen molar-refractivity contribution in [3.63, 3.8) is 0 Å². The van der Waals surface area contributed by atoms with E-state index < -0.39 is 0 Å². The topological polar surface area (TPSA) is 47.3 Å². The fraction of sp³-hybridized carbons (Fsp3) is 0.294. The number of benzene rings is 2. The van der Waals surface area contributed by atoms with Crippen molar-refractivity contribution in [3.8, 4) is 5.75 Å². The van der Waals surface area contributed by atoms with E-state index in [0.717, 1.165) is 12.2 Å². The van der Waals surface area contributed by atoms with E-state index in [0.29, 0.717) is 11.6 Å². The molecule has 3 N–H and O–H groups in total. The molecule has 0 heterocycles. The lowest BCUT2D eigenvalue weighted by Gasteiger charge is -2.18. The van der Waals surface area contributed by atoms with Crippen molar-refractivity contribution < 1.29 is 4.74 Å². The van der Waals surface area contributed by atoms with Crippen LogP contribution in [0.25, 0.3) is 0 Å². The summed E-state index contributed by atoms with van der Waals surface area (Å²) < 4.78 is 5.76. The Kier molecular flexibility index (Phi) is 5.62. The lowest BCUT2D eigenvalue weighted by atomic mass is 9.99. The van der Waals surface area contributed by atoms with E-state index in [4.69, 9.17) is 22.2 Å². The van der Waals surface area contributed by atoms with Crippen LogP contribution in [0.2, 0.25) is 5.02 Å². The van der Waals surface area contributed by atoms with Crippen LogP contribution in [-0.2, 0) is 6.42 Å². The number of rotatable bonds is 6. The molecule has 0 aliphatic rings. The van der Waals surface area contributed by atoms with Gasteiger partial charge in [-0.05, 0) is 49.6 Å². The molecule has 0 saturated carbocycles. The first-order chi connectivity index (χ1) is 10.1. The molecular weight excluding hydrogens is 284 g/mol. The fourth-order valence-corrected chi connectivity index (χ4v) is 2.39. The van der Waals surface area contributed by atoms with Gasteiger partial charge in [-0.25, -0.2) is 0 Å². The van der Waals surface area contributed by atoms with Gasteiger partial charge in [0.1, 0.15) is 12.4 Å². The van der Waals surface area contributed by atoms with Gasteiger partial charge in [-0.3, -0.25) is 11.3 Å². The summed E-state index contributed by atoms with van der Waals surface area (Å²) in [6.07, 6.45) is 0.824. The fourth-order valence-electron chi connectivity index (χ4n) is 2.21. The Labute approximate surface area is 131 Å². The van der Waals surface area contributed by atoms with E-state index in [-0.39, 0.29) is 6.04 Å². The highest BCUT2D eigenvalue weighted by molar-refractivity contribution is 6.30. The number of nitrogens with two attached hydrogens (primary N) is 1. The summed E-state index contributed by atoms with van der Waals surface area (Å²) in [5.41, 5.74) is 6.63. The summed E-state index contributed by atoms with van der Waals surface area (Å²) in [6.45, 7) is 4.70. The van der Waals surface area contributed by atoms with Crippen molar-refractivity contribution in [1.82, 2.24) is 5.43 Å². The number of ether oxygens (including phenoxy) is 1. The van der Waals surface area contributed by atoms with Crippen LogP contribution in [-0.4, -0.2) is 12.6 Å². The van der Waals surface area contributed by atoms with E-state index in [1.807, 2.05) is 18.2 Å². The monoisotopic (exact) mass is 304 g/mol. The normalized spacial score (nSPS) is 12.2. The van der Waals surface area contributed by atoms with Gasteiger partial charge in [0.15, 0.2) is 0 Å². The van der Waals surface area contributed by atoms with Gasteiger partial charge < -0.3 is 4.74 Å². The predicted molar refractivity (Wildman–Crippen MR) is 87.7 cm³/mol. The zero-order valence-electron chi connectivity index (χ0n) is 12.4. The number of halogens is 1. The van der Waals surface area contributed by atoms with Crippen LogP contribution >= 0.6 is 11.6 Å². The first-order valence-corrected chi connectivity index (χ1v) is 7.37. The number of hydrogen-bond acceptors (Lipinski definition) is 3. The van der Waals surface area contributed by atoms with E-state index in [1.165, 1.54) is 16.7 Å². The predicted octanol–water partition coefficient (Wildman–Crippen LogP) is 3.41. The Morgan fingerprint density at radius 2 is 2.00 bits per heavy atom. The number of hydrogen-bond donors (Lipinski definition) is 2. The Bertz CT molecular complexity index is 601. The summed E-state index contributed by atoms with van der Waals surface area (Å²) in [4.78, 5) is 0. The third-order valence-corrected chi connectivity index (χ3v) is 3.69. The number of hydrazine groups is 1. The van der Waals surface area contributed by atoms with Crippen molar-refractivity contribution in [2.45, 2.75) is 26.3 Å². The molecule has 1 unspecified atom stereocenters. The van der Waals surface area contributed by atoms with Crippen molar-refractivity contribution in [1.29, 1.82) is 0 Å². The zero-order valence-corrected chi connectivity index (χ0v) is 13.2. The van der Waals surface area contributed by atoms with Crippen molar-refractivity contribution in [2.75, 3.05) is 6.61 Å². The largest absolute Gasteiger partial charge is 0.492 e. The SMILES string of the molecule is Cc1ccc(C)c(CC(COc2cccc(Cl)c2)NN)c1. The van der Waals surface area contributed by atoms with Gasteiger partial charge in [0, 0.05) is 5.02 Å². The van der Waals surface area contributed by atoms with Gasteiger partial charge in [-0.1, -0.05) is 41.4 Å². The Balaban J connectivity index is 1.98. The second-order valence-corrected chi connectivity index (χ2v) is 5.70. The minimum Gasteiger partial charge on any atom is -0.492 e. The third kappa shape index (κ3) is 4.74. The molecule has 112 valence electrons. The maximum absolute atomic E-state index is 5.94. The van der Waals surface area contributed by atoms with Crippen LogP contribution in [0.4, 0.5) is 0 Å². The number of aryl methyl sites for hydroxylation is 2. The van der Waals surface area contributed by atoms with E-state index >= 15 is 0 Å². The van der Waals surface area contributed by atoms with Gasteiger partial charge in [-0.15, -0.1) is 0 Å². The van der Waals surface area contributed by atoms with Crippen molar-refractivity contribution >= 4 is 11.6 Å². The second-order valence-electron chi connectivity index (χ2n) is 5.27. The van der Waals surface area contributed by atoms with Gasteiger partial charge in [0.25, 0.3) is 0 Å². The molecule has 0 aliphatic heterocycles. The molecule has 3 nitrogen and oxygen atoms in total. The summed E-state index contributed by atoms with van der Waals surface area (Å²) in [5.74, 6) is 6.40. The van der Waals surface area contributed by atoms with Crippen molar-refractivity contribution in [3.05, 3.63) is 64.2 Å². The molecule has 1 atom stereocenters. The molecule has 0 amide bonds. The molecule has 4 heteroatoms. The maximum Gasteiger partial charge on any atom is 0.120 e. The Morgan fingerprint density at radius 1 is 1.19 bits per heavy atom. The molecule has 2 aromatic rings. The minimum absolute atomic E-state index is 0.0458. The minimum atomic E-state index is 0.0458. The standard InChI is InChI=1S/C17H21ClN2O/c1-12-6-7-13(2)14(8-12)9-16(20-19)11-21-17-5-3-4-15(18)10-17/h3-8,10,16,20H,9,11,19H2,1-2H3. The highest BCUT2D eigenvalue weighted by atomic mass is 35.5. The van der Waals surface area contributed by atoms with Crippen LogP contribution < -0.4 is 16.0 Å². The molecule has 0 spiro atoms.